The van der Waals surface area contributed by atoms with Gasteiger partial charge in [0.2, 0.25) is 0 Å². The van der Waals surface area contributed by atoms with E-state index in [-0.39, 0.29) is 10.8 Å². The third-order valence-electron chi connectivity index (χ3n) is 9.45. The summed E-state index contributed by atoms with van der Waals surface area (Å²) in [6, 6.07) is 25.6. The predicted molar refractivity (Wildman–Crippen MR) is 190 cm³/mol. The van der Waals surface area contributed by atoms with Crippen LogP contribution in [0.2, 0.25) is 0 Å². The largest absolute Gasteiger partial charge is 0.353 e. The van der Waals surface area contributed by atoms with Gasteiger partial charge in [-0.2, -0.15) is 0 Å². The summed E-state index contributed by atoms with van der Waals surface area (Å²) in [5.74, 6) is 0. The summed E-state index contributed by atoms with van der Waals surface area (Å²) in [4.78, 5) is 10.5. The van der Waals surface area contributed by atoms with Gasteiger partial charge in [0.05, 0.1) is 16.7 Å². The molecular weight excluding hydrogens is 553 g/mol. The van der Waals surface area contributed by atoms with Gasteiger partial charge in [-0.15, -0.1) is 0 Å². The molecule has 3 heteroatoms. The van der Waals surface area contributed by atoms with Crippen molar-refractivity contribution in [1.29, 1.82) is 0 Å². The Balaban J connectivity index is 1.70. The highest BCUT2D eigenvalue weighted by Gasteiger charge is 2.25. The fourth-order valence-electron chi connectivity index (χ4n) is 6.82. The third kappa shape index (κ3) is 4.68. The van der Waals surface area contributed by atoms with Crippen molar-refractivity contribution in [3.05, 3.63) is 100 Å². The Bertz CT molecular complexity index is 2150. The maximum atomic E-state index is 5.26. The van der Waals surface area contributed by atoms with Crippen molar-refractivity contribution < 1.29 is 0 Å². The van der Waals surface area contributed by atoms with Crippen LogP contribution >= 0.6 is 11.8 Å². The van der Waals surface area contributed by atoms with E-state index < -0.39 is 0 Å². The van der Waals surface area contributed by atoms with Crippen LogP contribution in [0.15, 0.2) is 76.7 Å². The summed E-state index contributed by atoms with van der Waals surface area (Å²) >= 11 is 1.77. The van der Waals surface area contributed by atoms with E-state index in [1.165, 1.54) is 87.9 Å². The zero-order chi connectivity index (χ0) is 31.3. The topological polar surface area (TPSA) is 28.7 Å². The van der Waals surface area contributed by atoms with Crippen molar-refractivity contribution in [3.8, 4) is 33.5 Å². The van der Waals surface area contributed by atoms with Crippen LogP contribution in [-0.4, -0.2) is 9.97 Å². The highest BCUT2D eigenvalue weighted by Crippen LogP contribution is 2.45. The lowest BCUT2D eigenvalue weighted by atomic mass is 9.82. The monoisotopic (exact) mass is 594 g/mol. The highest BCUT2D eigenvalue weighted by molar-refractivity contribution is 7.99. The van der Waals surface area contributed by atoms with E-state index in [0.29, 0.717) is 0 Å². The fraction of sp³-hybridized carbons (Fsp3) is 0.293. The molecule has 0 aliphatic carbocycles. The Morgan fingerprint density at radius 2 is 1.07 bits per heavy atom. The third-order valence-corrected chi connectivity index (χ3v) is 10.4. The zero-order valence-electron chi connectivity index (χ0n) is 27.7. The second-order valence-electron chi connectivity index (χ2n) is 14.9. The first-order valence-electron chi connectivity index (χ1n) is 15.7. The minimum atomic E-state index is 0.000817. The summed E-state index contributed by atoms with van der Waals surface area (Å²) < 4.78 is 0. The van der Waals surface area contributed by atoms with E-state index in [9.17, 15) is 0 Å². The number of hydrogen-bond acceptors (Lipinski definition) is 2. The van der Waals surface area contributed by atoms with Crippen LogP contribution in [0.3, 0.4) is 0 Å². The molecule has 0 amide bonds. The van der Waals surface area contributed by atoms with Gasteiger partial charge in [-0.3, -0.25) is 0 Å². The van der Waals surface area contributed by atoms with Crippen molar-refractivity contribution in [2.45, 2.75) is 90.0 Å². The second-order valence-corrected chi connectivity index (χ2v) is 16.0. The van der Waals surface area contributed by atoms with Crippen LogP contribution in [0.1, 0.15) is 74.9 Å². The Kier molecular flexibility index (Phi) is 6.47. The van der Waals surface area contributed by atoms with E-state index >= 15 is 0 Å². The van der Waals surface area contributed by atoms with Crippen molar-refractivity contribution in [3.63, 3.8) is 0 Å². The zero-order valence-corrected chi connectivity index (χ0v) is 28.5. The number of pyridine rings is 1. The van der Waals surface area contributed by atoms with Gasteiger partial charge < -0.3 is 4.98 Å². The van der Waals surface area contributed by atoms with Crippen molar-refractivity contribution >= 4 is 33.6 Å². The molecule has 0 spiro atoms. The minimum absolute atomic E-state index is 0.000817. The number of H-pyrrole nitrogens is 1. The maximum absolute atomic E-state index is 5.26. The molecule has 1 aliphatic heterocycles. The first kappa shape index (κ1) is 28.9. The number of aromatic amines is 1. The van der Waals surface area contributed by atoms with Gasteiger partial charge >= 0.3 is 0 Å². The van der Waals surface area contributed by atoms with Crippen LogP contribution in [0.4, 0.5) is 0 Å². The van der Waals surface area contributed by atoms with Crippen LogP contribution in [-0.2, 0) is 10.8 Å². The highest BCUT2D eigenvalue weighted by atomic mass is 32.2. The standard InChI is InChI=1S/C41H42N2S/c1-22-14-24(3)30-20-28(22)29-21-31(25(4)15-23(29)2)35-12-11-13-37(42-35)44-36-19-27(41(8,9)10)18-34-33-17-26(40(5,6)7)16-32(30)38(33)43-39(34)36/h11-21,43H,1-10H3. The summed E-state index contributed by atoms with van der Waals surface area (Å²) in [6.07, 6.45) is 0. The molecule has 0 fully saturated rings. The van der Waals surface area contributed by atoms with E-state index in [1.54, 1.807) is 11.8 Å². The number of hydrogen-bond donors (Lipinski definition) is 1. The quantitative estimate of drug-likeness (QED) is 0.189. The molecule has 7 rings (SSSR count). The van der Waals surface area contributed by atoms with Gasteiger partial charge in [-0.1, -0.05) is 71.5 Å². The molecule has 1 aliphatic rings. The molecule has 0 saturated carbocycles. The van der Waals surface area contributed by atoms with Crippen LogP contribution in [0, 0.1) is 27.7 Å². The van der Waals surface area contributed by atoms with Crippen LogP contribution in [0.25, 0.3) is 55.3 Å². The Morgan fingerprint density at radius 3 is 1.68 bits per heavy atom. The van der Waals surface area contributed by atoms with Crippen molar-refractivity contribution in [2.75, 3.05) is 0 Å². The van der Waals surface area contributed by atoms with Gasteiger partial charge in [-0.25, -0.2) is 4.98 Å². The smallest absolute Gasteiger partial charge is 0.102 e. The lowest BCUT2D eigenvalue weighted by molar-refractivity contribution is 0.589. The Labute approximate surface area is 266 Å². The predicted octanol–water partition coefficient (Wildman–Crippen LogP) is 12.0. The SMILES string of the molecule is Cc1cc(C)c2cc1-c1cccc(n1)Sc1cc(C(C)(C)C)cc3c1[nH]c1c(cc(C(C)(C)C)cc13)-c1cc-2c(C)cc1C. The normalized spacial score (nSPS) is 13.1. The number of aryl methyl sites for hydroxylation is 4. The number of aromatic nitrogens is 2. The Hall–Kier alpha value is -3.82. The molecule has 6 aromatic rings. The van der Waals surface area contributed by atoms with Crippen molar-refractivity contribution in [1.82, 2.24) is 9.97 Å². The molecule has 1 N–H and O–H groups in total. The van der Waals surface area contributed by atoms with Gasteiger partial charge in [0, 0.05) is 26.8 Å². The number of rotatable bonds is 0. The summed E-state index contributed by atoms with van der Waals surface area (Å²) in [6.45, 7) is 22.9. The molecule has 2 aromatic heterocycles. The van der Waals surface area contributed by atoms with Gasteiger partial charge in [0.15, 0.2) is 0 Å². The van der Waals surface area contributed by atoms with E-state index in [1.807, 2.05) is 0 Å². The average Bonchev–Trinajstić information content (AvgIpc) is 3.31. The second kappa shape index (κ2) is 9.84. The molecule has 3 heterocycles. The minimum Gasteiger partial charge on any atom is -0.353 e. The number of nitrogens with one attached hydrogen (secondary N) is 1. The average molecular weight is 595 g/mol. The lowest BCUT2D eigenvalue weighted by Gasteiger charge is -2.23. The summed E-state index contributed by atoms with van der Waals surface area (Å²) in [7, 11) is 0. The van der Waals surface area contributed by atoms with E-state index in [4.69, 9.17) is 4.98 Å². The first-order valence-corrected chi connectivity index (χ1v) is 16.5. The molecular formula is C41H42N2S. The summed E-state index contributed by atoms with van der Waals surface area (Å²) in [5.41, 5.74) is 17.5. The number of fused-ring (bicyclic) bond motifs is 10. The molecule has 4 aromatic carbocycles. The first-order chi connectivity index (χ1) is 20.7. The molecule has 0 atom stereocenters. The van der Waals surface area contributed by atoms with Crippen LogP contribution < -0.4 is 0 Å². The van der Waals surface area contributed by atoms with E-state index in [0.717, 1.165) is 10.7 Å². The maximum Gasteiger partial charge on any atom is 0.102 e. The van der Waals surface area contributed by atoms with Gasteiger partial charge in [-0.05, 0) is 137 Å². The fourth-order valence-corrected chi connectivity index (χ4v) is 7.78. The molecule has 0 unspecified atom stereocenters. The Morgan fingerprint density at radius 1 is 0.545 bits per heavy atom. The van der Waals surface area contributed by atoms with Crippen LogP contribution in [0.5, 0.6) is 0 Å². The molecule has 0 saturated heterocycles. The summed E-state index contributed by atoms with van der Waals surface area (Å²) in [5, 5.41) is 3.58. The molecule has 44 heavy (non-hydrogen) atoms. The van der Waals surface area contributed by atoms with Crippen molar-refractivity contribution in [2.24, 2.45) is 0 Å². The van der Waals surface area contributed by atoms with Gasteiger partial charge in [0.1, 0.15) is 5.03 Å². The molecule has 0 radical (unpaired) electrons. The van der Waals surface area contributed by atoms with E-state index in [2.05, 4.69) is 141 Å². The lowest BCUT2D eigenvalue weighted by Crippen LogP contribution is -2.11. The van der Waals surface area contributed by atoms with Gasteiger partial charge in [0.25, 0.3) is 0 Å². The molecule has 8 bridgehead atoms. The molecule has 222 valence electrons. The number of benzene rings is 4. The molecule has 2 nitrogen and oxygen atoms in total. The number of nitrogens with zero attached hydrogens (tertiary/aromatic N) is 1.